The SMILES string of the molecule is CCN(CC)CC[n+]1c(N)n(CCOc2ccccc2C)c2ccccc21. The number of ether oxygens (including phenoxy) is 1. The van der Waals surface area contributed by atoms with Crippen molar-refractivity contribution < 1.29 is 9.30 Å². The highest BCUT2D eigenvalue weighted by Crippen LogP contribution is 2.18. The number of hydrogen-bond acceptors (Lipinski definition) is 3. The van der Waals surface area contributed by atoms with Gasteiger partial charge in [0.15, 0.2) is 0 Å². The van der Waals surface area contributed by atoms with Crippen LogP contribution < -0.4 is 15.0 Å². The van der Waals surface area contributed by atoms with E-state index in [0.29, 0.717) is 6.61 Å². The molecule has 1 aromatic heterocycles. The predicted octanol–water partition coefficient (Wildman–Crippen LogP) is 3.24. The van der Waals surface area contributed by atoms with Gasteiger partial charge in [0.25, 0.3) is 0 Å². The highest BCUT2D eigenvalue weighted by Gasteiger charge is 2.20. The van der Waals surface area contributed by atoms with Crippen molar-refractivity contribution in [3.8, 4) is 5.75 Å². The number of nitrogens with two attached hydrogens (primary N) is 1. The fourth-order valence-electron chi connectivity index (χ4n) is 3.53. The molecule has 144 valence electrons. The molecule has 0 unspecified atom stereocenters. The smallest absolute Gasteiger partial charge is 0.356 e. The zero-order chi connectivity index (χ0) is 19.2. The molecule has 0 aliphatic carbocycles. The Balaban J connectivity index is 1.78. The summed E-state index contributed by atoms with van der Waals surface area (Å²) in [4.78, 5) is 2.42. The lowest BCUT2D eigenvalue weighted by molar-refractivity contribution is -0.657. The number of hydrogen-bond donors (Lipinski definition) is 1. The Morgan fingerprint density at radius 1 is 1.04 bits per heavy atom. The van der Waals surface area contributed by atoms with E-state index >= 15 is 0 Å². The maximum atomic E-state index is 6.55. The largest absolute Gasteiger partial charge is 0.490 e. The molecule has 0 bridgehead atoms. The Hall–Kier alpha value is -2.53. The van der Waals surface area contributed by atoms with Crippen LogP contribution in [0.2, 0.25) is 0 Å². The number of anilines is 1. The van der Waals surface area contributed by atoms with Crippen LogP contribution >= 0.6 is 0 Å². The molecule has 0 amide bonds. The number of nitrogen functional groups attached to an aromatic ring is 1. The van der Waals surface area contributed by atoms with Crippen LogP contribution in [-0.4, -0.2) is 35.7 Å². The van der Waals surface area contributed by atoms with Gasteiger partial charge in [-0.15, -0.1) is 0 Å². The fraction of sp³-hybridized carbons (Fsp3) is 0.409. The quantitative estimate of drug-likeness (QED) is 0.591. The van der Waals surface area contributed by atoms with Crippen molar-refractivity contribution in [3.63, 3.8) is 0 Å². The monoisotopic (exact) mass is 367 g/mol. The van der Waals surface area contributed by atoms with Crippen molar-refractivity contribution in [2.24, 2.45) is 0 Å². The molecule has 3 aromatic rings. The van der Waals surface area contributed by atoms with Gasteiger partial charge >= 0.3 is 5.95 Å². The first-order valence-corrected chi connectivity index (χ1v) is 9.83. The van der Waals surface area contributed by atoms with Crippen LogP contribution in [0.1, 0.15) is 19.4 Å². The maximum absolute atomic E-state index is 6.55. The Morgan fingerprint density at radius 2 is 1.74 bits per heavy atom. The molecule has 0 spiro atoms. The summed E-state index contributed by atoms with van der Waals surface area (Å²) in [6.07, 6.45) is 0. The lowest BCUT2D eigenvalue weighted by Gasteiger charge is -2.17. The van der Waals surface area contributed by atoms with Gasteiger partial charge in [-0.2, -0.15) is 0 Å². The van der Waals surface area contributed by atoms with Gasteiger partial charge in [-0.3, -0.25) is 5.73 Å². The molecule has 0 saturated carbocycles. The average molecular weight is 368 g/mol. The first-order valence-electron chi connectivity index (χ1n) is 9.83. The van der Waals surface area contributed by atoms with Gasteiger partial charge in [0, 0.05) is 6.54 Å². The van der Waals surface area contributed by atoms with Crippen LogP contribution in [0, 0.1) is 6.92 Å². The van der Waals surface area contributed by atoms with Crippen LogP contribution in [-0.2, 0) is 13.1 Å². The van der Waals surface area contributed by atoms with E-state index in [1.54, 1.807) is 0 Å². The Bertz CT molecular complexity index is 883. The van der Waals surface area contributed by atoms with E-state index in [1.807, 2.05) is 18.2 Å². The average Bonchev–Trinajstić information content (AvgIpc) is 2.96. The predicted molar refractivity (Wildman–Crippen MR) is 111 cm³/mol. The summed E-state index contributed by atoms with van der Waals surface area (Å²) in [5.41, 5.74) is 10.0. The van der Waals surface area contributed by atoms with Crippen LogP contribution in [0.4, 0.5) is 5.95 Å². The molecule has 0 atom stereocenters. The van der Waals surface area contributed by atoms with Gasteiger partial charge in [-0.25, -0.2) is 9.13 Å². The van der Waals surface area contributed by atoms with Crippen molar-refractivity contribution in [3.05, 3.63) is 54.1 Å². The summed E-state index contributed by atoms with van der Waals surface area (Å²) >= 11 is 0. The van der Waals surface area contributed by atoms with E-state index < -0.39 is 0 Å². The van der Waals surface area contributed by atoms with Gasteiger partial charge in [0.05, 0.1) is 6.54 Å². The Kier molecular flexibility index (Phi) is 6.35. The van der Waals surface area contributed by atoms with Gasteiger partial charge < -0.3 is 9.64 Å². The van der Waals surface area contributed by atoms with Crippen LogP contribution in [0.25, 0.3) is 11.0 Å². The molecule has 0 aliphatic rings. The molecule has 5 heteroatoms. The van der Waals surface area contributed by atoms with E-state index in [1.165, 1.54) is 5.52 Å². The zero-order valence-electron chi connectivity index (χ0n) is 16.7. The molecule has 0 aliphatic heterocycles. The number of aromatic nitrogens is 2. The number of imidazole rings is 1. The summed E-state index contributed by atoms with van der Waals surface area (Å²) in [6, 6.07) is 16.5. The van der Waals surface area contributed by atoms with Crippen LogP contribution in [0.15, 0.2) is 48.5 Å². The van der Waals surface area contributed by atoms with Crippen molar-refractivity contribution in [2.75, 3.05) is 32.0 Å². The number of fused-ring (bicyclic) bond motifs is 1. The molecular weight excluding hydrogens is 336 g/mol. The third-order valence-electron chi connectivity index (χ3n) is 5.22. The number of nitrogens with zero attached hydrogens (tertiary/aromatic N) is 3. The van der Waals surface area contributed by atoms with Crippen molar-refractivity contribution in [1.82, 2.24) is 9.47 Å². The van der Waals surface area contributed by atoms with Gasteiger partial charge in [0.1, 0.15) is 29.9 Å². The lowest BCUT2D eigenvalue weighted by atomic mass is 10.2. The highest BCUT2D eigenvalue weighted by molar-refractivity contribution is 5.73. The maximum Gasteiger partial charge on any atom is 0.356 e. The van der Waals surface area contributed by atoms with E-state index in [9.17, 15) is 0 Å². The zero-order valence-corrected chi connectivity index (χ0v) is 16.7. The molecule has 0 saturated heterocycles. The summed E-state index contributed by atoms with van der Waals surface area (Å²) in [6.45, 7) is 11.8. The summed E-state index contributed by atoms with van der Waals surface area (Å²) in [7, 11) is 0. The summed E-state index contributed by atoms with van der Waals surface area (Å²) < 4.78 is 10.4. The summed E-state index contributed by atoms with van der Waals surface area (Å²) in [5.74, 6) is 1.72. The third kappa shape index (κ3) is 4.25. The number of rotatable bonds is 9. The Morgan fingerprint density at radius 3 is 2.48 bits per heavy atom. The molecule has 2 aromatic carbocycles. The van der Waals surface area contributed by atoms with Crippen molar-refractivity contribution >= 4 is 17.0 Å². The molecule has 1 heterocycles. The van der Waals surface area contributed by atoms with Gasteiger partial charge in [-0.1, -0.05) is 44.2 Å². The van der Waals surface area contributed by atoms with Crippen molar-refractivity contribution in [2.45, 2.75) is 33.9 Å². The molecule has 0 fully saturated rings. The van der Waals surface area contributed by atoms with E-state index in [-0.39, 0.29) is 0 Å². The topological polar surface area (TPSA) is 47.3 Å². The minimum absolute atomic E-state index is 0.587. The molecule has 27 heavy (non-hydrogen) atoms. The van der Waals surface area contributed by atoms with E-state index in [2.05, 4.69) is 65.1 Å². The second-order valence-electron chi connectivity index (χ2n) is 6.79. The second kappa shape index (κ2) is 8.91. The number of aryl methyl sites for hydroxylation is 1. The standard InChI is InChI=1S/C22H30N4O/c1-4-24(5-2)14-15-25-19-11-7-8-12-20(19)26(22(25)23)16-17-27-21-13-9-6-10-18(21)3/h6-13,23H,4-5,14-17H2,1-3H3/p+1. The first-order chi connectivity index (χ1) is 13.2. The number of para-hydroxylation sites is 3. The summed E-state index contributed by atoms with van der Waals surface area (Å²) in [5, 5.41) is 0. The van der Waals surface area contributed by atoms with Gasteiger partial charge in [-0.05, 0) is 43.8 Å². The van der Waals surface area contributed by atoms with Crippen LogP contribution in [0.3, 0.4) is 0 Å². The number of likely N-dealkylation sites (N-methyl/N-ethyl adjacent to an activating group) is 1. The second-order valence-corrected chi connectivity index (χ2v) is 6.79. The molecular formula is C22H31N4O+. The highest BCUT2D eigenvalue weighted by atomic mass is 16.5. The lowest BCUT2D eigenvalue weighted by Crippen LogP contribution is -2.42. The fourth-order valence-corrected chi connectivity index (χ4v) is 3.53. The molecule has 3 rings (SSSR count). The Labute approximate surface area is 162 Å². The van der Waals surface area contributed by atoms with Crippen LogP contribution in [0.5, 0.6) is 5.75 Å². The number of benzene rings is 2. The third-order valence-corrected chi connectivity index (χ3v) is 5.22. The van der Waals surface area contributed by atoms with Gasteiger partial charge in [0.2, 0.25) is 0 Å². The van der Waals surface area contributed by atoms with Crippen molar-refractivity contribution in [1.29, 1.82) is 0 Å². The van der Waals surface area contributed by atoms with E-state index in [4.69, 9.17) is 10.5 Å². The minimum atomic E-state index is 0.587. The molecule has 0 radical (unpaired) electrons. The van der Waals surface area contributed by atoms with E-state index in [0.717, 1.165) is 55.5 Å². The molecule has 2 N–H and O–H groups in total. The molecule has 5 nitrogen and oxygen atoms in total. The first kappa shape index (κ1) is 19.2. The normalized spacial score (nSPS) is 11.4. The minimum Gasteiger partial charge on any atom is -0.490 e.